The van der Waals surface area contributed by atoms with Gasteiger partial charge in [-0.3, -0.25) is 29.0 Å². The summed E-state index contributed by atoms with van der Waals surface area (Å²) in [5.74, 6) is -0.647. The second kappa shape index (κ2) is 16.0. The highest BCUT2D eigenvalue weighted by Gasteiger charge is 2.43. The zero-order valence-corrected chi connectivity index (χ0v) is 23.8. The Morgan fingerprint density at radius 3 is 1.45 bits per heavy atom. The van der Waals surface area contributed by atoms with Gasteiger partial charge in [-0.25, -0.2) is 0 Å². The summed E-state index contributed by atoms with van der Waals surface area (Å²) in [6.45, 7) is 11.3. The molecule has 3 aliphatic heterocycles. The second-order valence-electron chi connectivity index (χ2n) is 12.0. The maximum absolute atomic E-state index is 11.7. The first-order valence-electron chi connectivity index (χ1n) is 14.3. The van der Waals surface area contributed by atoms with E-state index in [-0.39, 0.29) is 48.2 Å². The van der Waals surface area contributed by atoms with E-state index in [2.05, 4.69) is 39.9 Å². The standard InChI is InChI=1S/C17H29NO2.C13H20N2O2.CH4/c1-2-3-4-5-6-7-8-9-10-11-12-15-18-16(19)13-14-17(18)20;1-12(2)7-9(8-13(3,4)14-12)15-10(16)5-6-11(15)17;/h13-14H,2-12,15H2,1H3;5-6,9,14H,7-8H2,1-4H3;1H4. The Hall–Kier alpha value is -2.28. The van der Waals surface area contributed by atoms with Crippen molar-refractivity contribution in [2.45, 2.75) is 143 Å². The van der Waals surface area contributed by atoms with Gasteiger partial charge in [0.1, 0.15) is 0 Å². The van der Waals surface area contributed by atoms with Crippen molar-refractivity contribution in [3.05, 3.63) is 24.3 Å². The molecule has 3 rings (SSSR count). The molecule has 0 spiro atoms. The minimum Gasteiger partial charge on any atom is -0.307 e. The SMILES string of the molecule is C.CC1(C)CC(N2C(=O)C=CC2=O)CC(C)(C)N1.CCCCCCCCCCCCCN1C(=O)C=CC1=O. The fraction of sp³-hybridized carbons (Fsp3) is 0.742. The van der Waals surface area contributed by atoms with E-state index in [9.17, 15) is 19.2 Å². The van der Waals surface area contributed by atoms with Crippen molar-refractivity contribution in [1.82, 2.24) is 15.1 Å². The van der Waals surface area contributed by atoms with Crippen molar-refractivity contribution >= 4 is 23.6 Å². The number of amides is 4. The largest absolute Gasteiger partial charge is 0.307 e. The Morgan fingerprint density at radius 1 is 0.658 bits per heavy atom. The molecule has 0 radical (unpaired) electrons. The Bertz CT molecular complexity index is 807. The van der Waals surface area contributed by atoms with Crippen LogP contribution in [0.25, 0.3) is 0 Å². The van der Waals surface area contributed by atoms with Gasteiger partial charge in [0.25, 0.3) is 23.6 Å². The van der Waals surface area contributed by atoms with E-state index in [1.165, 1.54) is 91.9 Å². The molecule has 4 amide bonds. The number of nitrogens with zero attached hydrogens (tertiary/aromatic N) is 2. The fourth-order valence-corrected chi connectivity index (χ4v) is 5.81. The van der Waals surface area contributed by atoms with Crippen molar-refractivity contribution < 1.29 is 19.2 Å². The van der Waals surface area contributed by atoms with Crippen molar-refractivity contribution in [1.29, 1.82) is 0 Å². The fourth-order valence-electron chi connectivity index (χ4n) is 5.81. The molecule has 7 heteroatoms. The first-order chi connectivity index (χ1) is 17.5. The molecule has 0 aromatic carbocycles. The molecule has 216 valence electrons. The topological polar surface area (TPSA) is 86.8 Å². The smallest absolute Gasteiger partial charge is 0.253 e. The second-order valence-corrected chi connectivity index (χ2v) is 12.0. The number of carbonyl (C=O) groups is 4. The lowest BCUT2D eigenvalue weighted by Crippen LogP contribution is -2.62. The maximum Gasteiger partial charge on any atom is 0.253 e. The predicted octanol–water partition coefficient (Wildman–Crippen LogP) is 6.08. The monoisotopic (exact) mass is 531 g/mol. The summed E-state index contributed by atoms with van der Waals surface area (Å²) >= 11 is 0. The van der Waals surface area contributed by atoms with Gasteiger partial charge in [0.15, 0.2) is 0 Å². The summed E-state index contributed by atoms with van der Waals surface area (Å²) in [6, 6.07) is -0.00347. The molecule has 1 fully saturated rings. The maximum atomic E-state index is 11.7. The molecular formula is C31H53N3O4. The third-order valence-corrected chi connectivity index (χ3v) is 7.26. The average Bonchev–Trinajstić information content (AvgIpc) is 3.30. The Labute approximate surface area is 231 Å². The van der Waals surface area contributed by atoms with Gasteiger partial charge in [-0.05, 0) is 47.0 Å². The molecule has 1 saturated heterocycles. The number of imide groups is 2. The van der Waals surface area contributed by atoms with Gasteiger partial charge in [0.05, 0.1) is 0 Å². The molecule has 0 bridgehead atoms. The number of hydrogen-bond acceptors (Lipinski definition) is 5. The predicted molar refractivity (Wildman–Crippen MR) is 154 cm³/mol. The van der Waals surface area contributed by atoms with Crippen molar-refractivity contribution in [2.24, 2.45) is 0 Å². The molecule has 0 unspecified atom stereocenters. The van der Waals surface area contributed by atoms with E-state index in [1.807, 2.05) is 0 Å². The molecule has 0 atom stereocenters. The van der Waals surface area contributed by atoms with Crippen LogP contribution in [0.15, 0.2) is 24.3 Å². The molecule has 1 N–H and O–H groups in total. The lowest BCUT2D eigenvalue weighted by atomic mass is 9.79. The Balaban J connectivity index is 0.000000374. The molecule has 0 aromatic rings. The third-order valence-electron chi connectivity index (χ3n) is 7.26. The van der Waals surface area contributed by atoms with E-state index in [0.717, 1.165) is 25.7 Å². The Kier molecular flexibility index (Phi) is 14.2. The Morgan fingerprint density at radius 2 is 1.03 bits per heavy atom. The van der Waals surface area contributed by atoms with Crippen LogP contribution in [0.5, 0.6) is 0 Å². The van der Waals surface area contributed by atoms with Crippen molar-refractivity contribution in [3.8, 4) is 0 Å². The molecule has 7 nitrogen and oxygen atoms in total. The van der Waals surface area contributed by atoms with E-state index >= 15 is 0 Å². The lowest BCUT2D eigenvalue weighted by Gasteiger charge is -2.48. The average molecular weight is 532 g/mol. The molecule has 3 aliphatic rings. The summed E-state index contributed by atoms with van der Waals surface area (Å²) in [5.41, 5.74) is -0.120. The number of piperidine rings is 1. The van der Waals surface area contributed by atoms with Crippen LogP contribution in [0.4, 0.5) is 0 Å². The van der Waals surface area contributed by atoms with Crippen molar-refractivity contribution in [3.63, 3.8) is 0 Å². The van der Waals surface area contributed by atoms with Crippen LogP contribution < -0.4 is 5.32 Å². The lowest BCUT2D eigenvalue weighted by molar-refractivity contribution is -0.141. The van der Waals surface area contributed by atoms with E-state index in [0.29, 0.717) is 6.54 Å². The van der Waals surface area contributed by atoms with E-state index < -0.39 is 0 Å². The number of hydrogen-bond donors (Lipinski definition) is 1. The van der Waals surface area contributed by atoms with E-state index in [4.69, 9.17) is 0 Å². The van der Waals surface area contributed by atoms with Crippen LogP contribution in [0.2, 0.25) is 0 Å². The van der Waals surface area contributed by atoms with E-state index in [1.54, 1.807) is 0 Å². The summed E-state index contributed by atoms with van der Waals surface area (Å²) < 4.78 is 0. The highest BCUT2D eigenvalue weighted by molar-refractivity contribution is 6.13. The van der Waals surface area contributed by atoms with Gasteiger partial charge in [0.2, 0.25) is 0 Å². The quantitative estimate of drug-likeness (QED) is 0.230. The number of rotatable bonds is 13. The normalized spacial score (nSPS) is 20.1. The number of unbranched alkanes of at least 4 members (excludes halogenated alkanes) is 10. The molecule has 3 heterocycles. The highest BCUT2D eigenvalue weighted by Crippen LogP contribution is 2.32. The molecule has 38 heavy (non-hydrogen) atoms. The molecular weight excluding hydrogens is 478 g/mol. The summed E-state index contributed by atoms with van der Waals surface area (Å²) in [7, 11) is 0. The molecule has 0 aliphatic carbocycles. The van der Waals surface area contributed by atoms with Crippen LogP contribution in [0, 0.1) is 0 Å². The summed E-state index contributed by atoms with van der Waals surface area (Å²) in [5, 5.41) is 3.55. The van der Waals surface area contributed by atoms with Crippen LogP contribution >= 0.6 is 0 Å². The van der Waals surface area contributed by atoms with Gasteiger partial charge >= 0.3 is 0 Å². The third kappa shape index (κ3) is 11.2. The van der Waals surface area contributed by atoms with Gasteiger partial charge in [0, 0.05) is 48.0 Å². The zero-order valence-electron chi connectivity index (χ0n) is 23.8. The zero-order chi connectivity index (χ0) is 27.5. The van der Waals surface area contributed by atoms with Crippen molar-refractivity contribution in [2.75, 3.05) is 6.54 Å². The number of carbonyl (C=O) groups excluding carboxylic acids is 4. The molecule has 0 aromatic heterocycles. The highest BCUT2D eigenvalue weighted by atomic mass is 16.2. The van der Waals surface area contributed by atoms with Gasteiger partial charge in [-0.15, -0.1) is 0 Å². The van der Waals surface area contributed by atoms with Crippen LogP contribution in [0.1, 0.15) is 126 Å². The minimum absolute atomic E-state index is 0. The van der Waals surface area contributed by atoms with Gasteiger partial charge in [-0.2, -0.15) is 0 Å². The summed E-state index contributed by atoms with van der Waals surface area (Å²) in [4.78, 5) is 48.8. The van der Waals surface area contributed by atoms with Gasteiger partial charge < -0.3 is 5.32 Å². The summed E-state index contributed by atoms with van der Waals surface area (Å²) in [6.07, 6.45) is 21.2. The molecule has 0 saturated carbocycles. The minimum atomic E-state index is -0.173. The van der Waals surface area contributed by atoms with Crippen LogP contribution in [-0.2, 0) is 19.2 Å². The first-order valence-corrected chi connectivity index (χ1v) is 14.3. The van der Waals surface area contributed by atoms with Crippen LogP contribution in [0.3, 0.4) is 0 Å². The van der Waals surface area contributed by atoms with Gasteiger partial charge in [-0.1, -0.05) is 78.6 Å². The van der Waals surface area contributed by atoms with Crippen LogP contribution in [-0.4, -0.2) is 57.1 Å². The first kappa shape index (κ1) is 33.7. The number of nitrogens with one attached hydrogen (secondary N) is 1.